The van der Waals surface area contributed by atoms with Crippen LogP contribution in [0.25, 0.3) is 0 Å². The Labute approximate surface area is 144 Å². The quantitative estimate of drug-likeness (QED) is 0.726. The molecule has 0 unspecified atom stereocenters. The van der Waals surface area contributed by atoms with Crippen LogP contribution < -0.4 is 4.90 Å². The van der Waals surface area contributed by atoms with Gasteiger partial charge in [0.05, 0.1) is 0 Å². The third kappa shape index (κ3) is 3.54. The Balaban J connectivity index is 1.84. The Kier molecular flexibility index (Phi) is 5.24. The summed E-state index contributed by atoms with van der Waals surface area (Å²) in [7, 11) is 0. The Morgan fingerprint density at radius 3 is 2.52 bits per heavy atom. The molecule has 0 aliphatic carbocycles. The predicted molar refractivity (Wildman–Crippen MR) is 100 cm³/mol. The number of halogens is 1. The number of hydrogen-bond acceptors (Lipinski definition) is 2. The van der Waals surface area contributed by atoms with Gasteiger partial charge in [0.15, 0.2) is 0 Å². The van der Waals surface area contributed by atoms with Gasteiger partial charge in [0.25, 0.3) is 0 Å². The highest BCUT2D eigenvalue weighted by molar-refractivity contribution is 6.30. The molecule has 0 fully saturated rings. The van der Waals surface area contributed by atoms with E-state index in [0.717, 1.165) is 44.0 Å². The lowest BCUT2D eigenvalue weighted by molar-refractivity contribution is 0.301. The fraction of sp³-hybridized carbons (Fsp3) is 0.400. The van der Waals surface area contributed by atoms with Gasteiger partial charge < -0.3 is 9.80 Å². The van der Waals surface area contributed by atoms with Crippen LogP contribution in [-0.2, 0) is 6.42 Å². The van der Waals surface area contributed by atoms with Crippen LogP contribution in [0.2, 0.25) is 5.02 Å². The lowest BCUT2D eigenvalue weighted by atomic mass is 9.95. The molecule has 0 bridgehead atoms. The summed E-state index contributed by atoms with van der Waals surface area (Å²) in [4.78, 5) is 4.95. The van der Waals surface area contributed by atoms with Gasteiger partial charge in [0.2, 0.25) is 0 Å². The first-order valence-corrected chi connectivity index (χ1v) is 8.97. The number of rotatable bonds is 6. The van der Waals surface area contributed by atoms with Gasteiger partial charge in [0, 0.05) is 29.4 Å². The van der Waals surface area contributed by atoms with E-state index >= 15 is 0 Å². The van der Waals surface area contributed by atoms with Crippen LogP contribution in [0.4, 0.5) is 11.4 Å². The molecule has 0 saturated heterocycles. The minimum atomic E-state index is 0.825. The minimum Gasteiger partial charge on any atom is -0.341 e. The van der Waals surface area contributed by atoms with E-state index in [-0.39, 0.29) is 0 Å². The molecule has 0 N–H and O–H groups in total. The first-order chi connectivity index (χ1) is 11.2. The van der Waals surface area contributed by atoms with Crippen molar-refractivity contribution in [3.63, 3.8) is 0 Å². The van der Waals surface area contributed by atoms with Crippen LogP contribution in [0.5, 0.6) is 0 Å². The first-order valence-electron chi connectivity index (χ1n) is 8.59. The summed E-state index contributed by atoms with van der Waals surface area (Å²) in [5.74, 6) is 0. The summed E-state index contributed by atoms with van der Waals surface area (Å²) in [6.07, 6.45) is 2.14. The van der Waals surface area contributed by atoms with Gasteiger partial charge in [-0.15, -0.1) is 0 Å². The molecule has 3 rings (SSSR count). The van der Waals surface area contributed by atoms with Crippen LogP contribution in [0.15, 0.2) is 42.5 Å². The van der Waals surface area contributed by atoms with Crippen LogP contribution in [-0.4, -0.2) is 31.1 Å². The summed E-state index contributed by atoms with van der Waals surface area (Å²) >= 11 is 6.21. The largest absolute Gasteiger partial charge is 0.341 e. The Morgan fingerprint density at radius 1 is 1.00 bits per heavy atom. The highest BCUT2D eigenvalue weighted by Crippen LogP contribution is 2.39. The molecule has 23 heavy (non-hydrogen) atoms. The van der Waals surface area contributed by atoms with Gasteiger partial charge in [-0.25, -0.2) is 0 Å². The third-order valence-corrected chi connectivity index (χ3v) is 4.98. The number of benzene rings is 2. The van der Waals surface area contributed by atoms with Crippen molar-refractivity contribution in [1.29, 1.82) is 0 Å². The molecule has 2 aromatic carbocycles. The van der Waals surface area contributed by atoms with Crippen molar-refractivity contribution < 1.29 is 0 Å². The molecule has 1 heterocycles. The molecule has 2 aromatic rings. The molecule has 0 saturated carbocycles. The van der Waals surface area contributed by atoms with Gasteiger partial charge in [-0.1, -0.05) is 43.6 Å². The third-order valence-electron chi connectivity index (χ3n) is 4.75. The van der Waals surface area contributed by atoms with Crippen molar-refractivity contribution in [2.75, 3.05) is 31.1 Å². The Bertz CT molecular complexity index is 664. The average molecular weight is 329 g/mol. The average Bonchev–Trinajstić information content (AvgIpc) is 2.57. The highest BCUT2D eigenvalue weighted by Gasteiger charge is 2.22. The van der Waals surface area contributed by atoms with Crippen molar-refractivity contribution in [3.8, 4) is 0 Å². The second kappa shape index (κ2) is 7.37. The fourth-order valence-electron chi connectivity index (χ4n) is 3.45. The number of nitrogens with zero attached hydrogens (tertiary/aromatic N) is 2. The van der Waals surface area contributed by atoms with Gasteiger partial charge in [0.1, 0.15) is 0 Å². The Hall–Kier alpha value is -1.51. The fourth-order valence-corrected chi connectivity index (χ4v) is 3.65. The lowest BCUT2D eigenvalue weighted by Crippen LogP contribution is -2.29. The summed E-state index contributed by atoms with van der Waals surface area (Å²) in [5, 5.41) is 0.825. The van der Waals surface area contributed by atoms with E-state index < -0.39 is 0 Å². The Morgan fingerprint density at radius 2 is 1.74 bits per heavy atom. The monoisotopic (exact) mass is 328 g/mol. The number of anilines is 2. The van der Waals surface area contributed by atoms with E-state index in [0.29, 0.717) is 0 Å². The van der Waals surface area contributed by atoms with Crippen molar-refractivity contribution in [2.24, 2.45) is 0 Å². The summed E-state index contributed by atoms with van der Waals surface area (Å²) in [6.45, 7) is 8.91. The topological polar surface area (TPSA) is 6.48 Å². The standard InChI is InChI=1S/C20H25ClN2/c1-3-22(4-2)12-7-13-23-19-9-6-5-8-16(19)14-17-15-18(21)10-11-20(17)23/h5-6,8-11,15H,3-4,7,12-14H2,1-2H3. The molecule has 0 spiro atoms. The number of para-hydroxylation sites is 1. The SMILES string of the molecule is CCN(CC)CCCN1c2ccccc2Cc2cc(Cl)ccc21. The molecule has 0 atom stereocenters. The number of hydrogen-bond donors (Lipinski definition) is 0. The molecule has 0 radical (unpaired) electrons. The molecule has 1 aliphatic rings. The van der Waals surface area contributed by atoms with Crippen LogP contribution in [0.3, 0.4) is 0 Å². The molecular weight excluding hydrogens is 304 g/mol. The van der Waals surface area contributed by atoms with Crippen molar-refractivity contribution in [2.45, 2.75) is 26.7 Å². The summed E-state index contributed by atoms with van der Waals surface area (Å²) in [6, 6.07) is 15.0. The smallest absolute Gasteiger partial charge is 0.0447 e. The van der Waals surface area contributed by atoms with Gasteiger partial charge in [-0.05, 0) is 61.4 Å². The minimum absolute atomic E-state index is 0.825. The van der Waals surface area contributed by atoms with E-state index in [9.17, 15) is 0 Å². The second-order valence-electron chi connectivity index (χ2n) is 6.11. The van der Waals surface area contributed by atoms with Crippen molar-refractivity contribution >= 4 is 23.0 Å². The lowest BCUT2D eigenvalue weighted by Gasteiger charge is -2.34. The summed E-state index contributed by atoms with van der Waals surface area (Å²) < 4.78 is 0. The maximum absolute atomic E-state index is 6.21. The van der Waals surface area contributed by atoms with E-state index in [1.807, 2.05) is 6.07 Å². The molecule has 3 heteroatoms. The molecule has 0 aromatic heterocycles. The van der Waals surface area contributed by atoms with Gasteiger partial charge >= 0.3 is 0 Å². The second-order valence-corrected chi connectivity index (χ2v) is 6.55. The zero-order chi connectivity index (χ0) is 16.2. The van der Waals surface area contributed by atoms with E-state index in [4.69, 9.17) is 11.6 Å². The molecular formula is C20H25ClN2. The van der Waals surface area contributed by atoms with Crippen LogP contribution in [0, 0.1) is 0 Å². The molecule has 2 nitrogen and oxygen atoms in total. The van der Waals surface area contributed by atoms with E-state index in [1.165, 1.54) is 22.5 Å². The van der Waals surface area contributed by atoms with Crippen LogP contribution >= 0.6 is 11.6 Å². The maximum Gasteiger partial charge on any atom is 0.0447 e. The van der Waals surface area contributed by atoms with Crippen molar-refractivity contribution in [1.82, 2.24) is 4.90 Å². The zero-order valence-electron chi connectivity index (χ0n) is 14.1. The molecule has 122 valence electrons. The van der Waals surface area contributed by atoms with Crippen LogP contribution in [0.1, 0.15) is 31.4 Å². The summed E-state index contributed by atoms with van der Waals surface area (Å²) in [5.41, 5.74) is 5.39. The number of fused-ring (bicyclic) bond motifs is 2. The van der Waals surface area contributed by atoms with E-state index in [2.05, 4.69) is 60.0 Å². The van der Waals surface area contributed by atoms with Gasteiger partial charge in [-0.3, -0.25) is 0 Å². The molecule has 1 aliphatic heterocycles. The molecule has 0 amide bonds. The highest BCUT2D eigenvalue weighted by atomic mass is 35.5. The van der Waals surface area contributed by atoms with Gasteiger partial charge in [-0.2, -0.15) is 0 Å². The maximum atomic E-state index is 6.21. The first kappa shape index (κ1) is 16.4. The van der Waals surface area contributed by atoms with Crippen molar-refractivity contribution in [3.05, 3.63) is 58.6 Å². The normalized spacial score (nSPS) is 13.1. The van der Waals surface area contributed by atoms with E-state index in [1.54, 1.807) is 0 Å². The predicted octanol–water partition coefficient (Wildman–Crippen LogP) is 5.11. The zero-order valence-corrected chi connectivity index (χ0v) is 14.8.